The zero-order chi connectivity index (χ0) is 18.3. The number of unbranched alkanes of at least 4 members (excludes halogenated alkanes) is 1. The third-order valence-electron chi connectivity index (χ3n) is 3.46. The Morgan fingerprint density at radius 3 is 1.91 bits per heavy atom. The Hall–Kier alpha value is 0.0406. The zero-order valence-electron chi connectivity index (χ0n) is 17.0. The van der Waals surface area contributed by atoms with E-state index in [1.165, 1.54) is 12.8 Å². The predicted molar refractivity (Wildman–Crippen MR) is 110 cm³/mol. The largest absolute Gasteiger partial charge is 0.520 e. The van der Waals surface area contributed by atoms with Crippen molar-refractivity contribution >= 4 is 30.8 Å². The van der Waals surface area contributed by atoms with Gasteiger partial charge in [-0.15, -0.1) is 0 Å². The van der Waals surface area contributed by atoms with Gasteiger partial charge >= 0.3 is 0 Å². The molecule has 7 heteroatoms. The van der Waals surface area contributed by atoms with Gasteiger partial charge in [0.05, 0.1) is 6.42 Å². The van der Waals surface area contributed by atoms with E-state index in [-0.39, 0.29) is 5.97 Å². The van der Waals surface area contributed by atoms with E-state index < -0.39 is 24.8 Å². The van der Waals surface area contributed by atoms with Crippen LogP contribution in [0.5, 0.6) is 0 Å². The van der Waals surface area contributed by atoms with Gasteiger partial charge in [0.25, 0.3) is 5.97 Å². The van der Waals surface area contributed by atoms with Gasteiger partial charge in [0.1, 0.15) is 16.5 Å². The second kappa shape index (κ2) is 9.50. The lowest BCUT2D eigenvalue weighted by Gasteiger charge is -2.34. The number of nitrogens with zero attached hydrogens (tertiary/aromatic N) is 1. The molecule has 0 bridgehead atoms. The molecule has 0 aromatic carbocycles. The summed E-state index contributed by atoms with van der Waals surface area (Å²) in [6.45, 7) is 23.3. The van der Waals surface area contributed by atoms with E-state index in [4.69, 9.17) is 4.43 Å². The fraction of sp³-hybridized carbons (Fsp3) is 0.938. The Morgan fingerprint density at radius 1 is 0.913 bits per heavy atom. The van der Waals surface area contributed by atoms with E-state index in [2.05, 4.69) is 68.5 Å². The second-order valence-electron chi connectivity index (χ2n) is 9.38. The number of nitrogens with one attached hydrogen (secondary N) is 1. The molecular formula is C16H40N2O2Si3. The molecule has 0 aliphatic carbocycles. The quantitative estimate of drug-likeness (QED) is 0.435. The first-order chi connectivity index (χ1) is 10.2. The van der Waals surface area contributed by atoms with Crippen LogP contribution in [0.25, 0.3) is 0 Å². The van der Waals surface area contributed by atoms with Crippen LogP contribution in [-0.4, -0.2) is 55.0 Å². The van der Waals surface area contributed by atoms with Gasteiger partial charge in [-0.05, 0) is 45.6 Å². The van der Waals surface area contributed by atoms with Crippen LogP contribution in [0.1, 0.15) is 19.3 Å². The molecule has 23 heavy (non-hydrogen) atoms. The monoisotopic (exact) mass is 376 g/mol. The highest BCUT2D eigenvalue weighted by molar-refractivity contribution is 6.74. The van der Waals surface area contributed by atoms with Crippen LogP contribution in [0.15, 0.2) is 0 Å². The summed E-state index contributed by atoms with van der Waals surface area (Å²) < 4.78 is 8.11. The second-order valence-corrected chi connectivity index (χ2v) is 23.6. The van der Waals surface area contributed by atoms with Gasteiger partial charge in [0.15, 0.2) is 0 Å². The SMILES string of the molecule is C[Si](C)(C)NCCCCN(CCC(=O)O[Si](C)(C)C)[Si](C)(C)C. The van der Waals surface area contributed by atoms with Gasteiger partial charge in [0.2, 0.25) is 8.32 Å². The van der Waals surface area contributed by atoms with Crippen LogP contribution in [-0.2, 0) is 9.22 Å². The molecule has 138 valence electrons. The maximum absolute atomic E-state index is 12.0. The molecule has 0 saturated heterocycles. The molecule has 4 nitrogen and oxygen atoms in total. The van der Waals surface area contributed by atoms with Crippen LogP contribution < -0.4 is 4.98 Å². The molecule has 0 rings (SSSR count). The van der Waals surface area contributed by atoms with Gasteiger partial charge in [-0.25, -0.2) is 0 Å². The Bertz CT molecular complexity index is 358. The molecule has 0 unspecified atom stereocenters. The molecule has 0 atom stereocenters. The van der Waals surface area contributed by atoms with Crippen molar-refractivity contribution in [2.75, 3.05) is 19.6 Å². The fourth-order valence-corrected chi connectivity index (χ4v) is 5.62. The average molecular weight is 377 g/mol. The van der Waals surface area contributed by atoms with Crippen molar-refractivity contribution in [3.63, 3.8) is 0 Å². The topological polar surface area (TPSA) is 41.6 Å². The highest BCUT2D eigenvalue weighted by Gasteiger charge is 2.25. The minimum atomic E-state index is -1.75. The van der Waals surface area contributed by atoms with Crippen molar-refractivity contribution in [2.45, 2.75) is 78.2 Å². The Kier molecular flexibility index (Phi) is 9.52. The normalized spacial score (nSPS) is 13.5. The summed E-state index contributed by atoms with van der Waals surface area (Å²) in [6.07, 6.45) is 2.94. The van der Waals surface area contributed by atoms with Crippen LogP contribution >= 0.6 is 0 Å². The summed E-state index contributed by atoms with van der Waals surface area (Å²) in [5.74, 6) is -0.0205. The van der Waals surface area contributed by atoms with Crippen LogP contribution in [0.3, 0.4) is 0 Å². The Labute approximate surface area is 147 Å². The van der Waals surface area contributed by atoms with Gasteiger partial charge in [-0.3, -0.25) is 4.79 Å². The van der Waals surface area contributed by atoms with Crippen molar-refractivity contribution in [3.05, 3.63) is 0 Å². The number of carbonyl (C=O) groups excluding carboxylic acids is 1. The zero-order valence-corrected chi connectivity index (χ0v) is 20.0. The van der Waals surface area contributed by atoms with E-state index in [0.29, 0.717) is 6.42 Å². The number of carbonyl (C=O) groups is 1. The maximum atomic E-state index is 12.0. The molecular weight excluding hydrogens is 336 g/mol. The minimum absolute atomic E-state index is 0.0205. The third kappa shape index (κ3) is 14.1. The van der Waals surface area contributed by atoms with Gasteiger partial charge in [0, 0.05) is 6.54 Å². The first-order valence-electron chi connectivity index (χ1n) is 8.93. The highest BCUT2D eigenvalue weighted by atomic mass is 28.4. The lowest BCUT2D eigenvalue weighted by molar-refractivity contribution is -0.135. The lowest BCUT2D eigenvalue weighted by atomic mass is 10.3. The lowest BCUT2D eigenvalue weighted by Crippen LogP contribution is -2.48. The molecule has 0 heterocycles. The van der Waals surface area contributed by atoms with Crippen molar-refractivity contribution in [1.29, 1.82) is 0 Å². The van der Waals surface area contributed by atoms with E-state index in [0.717, 1.165) is 19.6 Å². The molecule has 0 saturated carbocycles. The van der Waals surface area contributed by atoms with Crippen molar-refractivity contribution in [1.82, 2.24) is 9.55 Å². The molecule has 0 spiro atoms. The molecule has 0 aromatic rings. The van der Waals surface area contributed by atoms with Crippen molar-refractivity contribution in [3.8, 4) is 0 Å². The summed E-state index contributed by atoms with van der Waals surface area (Å²) >= 11 is 0. The van der Waals surface area contributed by atoms with E-state index in [9.17, 15) is 4.79 Å². The number of hydrogen-bond acceptors (Lipinski definition) is 4. The Balaban J connectivity index is 4.22. The maximum Gasteiger partial charge on any atom is 0.293 e. The van der Waals surface area contributed by atoms with Gasteiger partial charge in [-0.1, -0.05) is 39.3 Å². The third-order valence-corrected chi connectivity index (χ3v) is 7.96. The molecule has 0 aliphatic heterocycles. The minimum Gasteiger partial charge on any atom is -0.520 e. The summed E-state index contributed by atoms with van der Waals surface area (Å²) in [7, 11) is -4.27. The molecule has 0 aliphatic rings. The average Bonchev–Trinajstić information content (AvgIpc) is 2.27. The summed E-state index contributed by atoms with van der Waals surface area (Å²) in [4.78, 5) is 15.6. The highest BCUT2D eigenvalue weighted by Crippen LogP contribution is 2.13. The standard InChI is InChI=1S/C16H40N2O2Si3/c1-21(2,3)17-13-10-11-14-18(22(4,5)6)15-12-16(19)20-23(7,8)9/h17H,10-15H2,1-9H3. The first kappa shape index (κ1) is 23.0. The van der Waals surface area contributed by atoms with Crippen molar-refractivity contribution in [2.24, 2.45) is 0 Å². The number of hydrogen-bond donors (Lipinski definition) is 1. The molecule has 0 amide bonds. The summed E-state index contributed by atoms with van der Waals surface area (Å²) in [5, 5.41) is 0. The predicted octanol–water partition coefficient (Wildman–Crippen LogP) is 4.10. The molecule has 0 fully saturated rings. The van der Waals surface area contributed by atoms with Crippen LogP contribution in [0, 0.1) is 0 Å². The van der Waals surface area contributed by atoms with E-state index in [1.54, 1.807) is 0 Å². The smallest absolute Gasteiger partial charge is 0.293 e. The molecule has 0 aromatic heterocycles. The molecule has 1 N–H and O–H groups in total. The van der Waals surface area contributed by atoms with Gasteiger partial charge < -0.3 is 14.0 Å². The number of rotatable bonds is 11. The van der Waals surface area contributed by atoms with Crippen LogP contribution in [0.2, 0.25) is 58.9 Å². The van der Waals surface area contributed by atoms with Crippen LogP contribution in [0.4, 0.5) is 0 Å². The van der Waals surface area contributed by atoms with E-state index >= 15 is 0 Å². The fourth-order valence-electron chi connectivity index (χ4n) is 2.29. The van der Waals surface area contributed by atoms with Crippen molar-refractivity contribution < 1.29 is 9.22 Å². The first-order valence-corrected chi connectivity index (χ1v) is 19.3. The summed E-state index contributed by atoms with van der Waals surface area (Å²) in [6, 6.07) is 0. The van der Waals surface area contributed by atoms with Gasteiger partial charge in [-0.2, -0.15) is 0 Å². The Morgan fingerprint density at radius 2 is 1.48 bits per heavy atom. The molecule has 0 radical (unpaired) electrons. The summed E-state index contributed by atoms with van der Waals surface area (Å²) in [5.41, 5.74) is 0. The van der Waals surface area contributed by atoms with E-state index in [1.807, 2.05) is 0 Å².